The molecule has 1 saturated heterocycles. The molecular formula is C21H19N3O6. The third-order valence-electron chi connectivity index (χ3n) is 4.73. The normalized spacial score (nSPS) is 17.8. The number of benzene rings is 2. The van der Waals surface area contributed by atoms with Gasteiger partial charge in [-0.1, -0.05) is 18.2 Å². The average Bonchev–Trinajstić information content (AvgIpc) is 3.15. The molecule has 0 aliphatic carbocycles. The zero-order chi connectivity index (χ0) is 21.5. The number of nitriles is 1. The van der Waals surface area contributed by atoms with Gasteiger partial charge in [0.05, 0.1) is 35.6 Å². The largest absolute Gasteiger partial charge is 0.457 e. The fourth-order valence-corrected chi connectivity index (χ4v) is 3.22. The molecule has 154 valence electrons. The Balaban J connectivity index is 1.58. The minimum absolute atomic E-state index is 0.0539. The number of ether oxygens (including phenoxy) is 2. The molecule has 2 aromatic carbocycles. The van der Waals surface area contributed by atoms with Gasteiger partial charge in [0.15, 0.2) is 0 Å². The van der Waals surface area contributed by atoms with Gasteiger partial charge in [0, 0.05) is 18.6 Å². The Morgan fingerprint density at radius 3 is 2.50 bits per heavy atom. The van der Waals surface area contributed by atoms with Crippen LogP contribution < -0.4 is 0 Å². The molecule has 9 heteroatoms. The molecule has 2 aromatic rings. The standard InChI is InChI=1S/C21H19N3O6/c22-11-10-18-12-19(30-20(25)16-4-2-1-3-5-16)13-23(18)21(26)29-14-15-6-8-17(9-7-15)24(27)28/h1-9,18-19H,10,12-14H2/t18-,19+/m1/s1. The molecule has 0 unspecified atom stereocenters. The molecule has 0 saturated carbocycles. The molecule has 0 aromatic heterocycles. The van der Waals surface area contributed by atoms with E-state index in [2.05, 4.69) is 0 Å². The summed E-state index contributed by atoms with van der Waals surface area (Å²) in [5, 5.41) is 19.8. The molecule has 1 fully saturated rings. The van der Waals surface area contributed by atoms with Crippen LogP contribution in [0.2, 0.25) is 0 Å². The first-order valence-electron chi connectivity index (χ1n) is 9.27. The average molecular weight is 409 g/mol. The molecule has 1 aliphatic heterocycles. The molecule has 0 bridgehead atoms. The van der Waals surface area contributed by atoms with Gasteiger partial charge in [0.2, 0.25) is 0 Å². The second kappa shape index (κ2) is 9.52. The van der Waals surface area contributed by atoms with Crippen molar-refractivity contribution in [3.05, 3.63) is 75.8 Å². The van der Waals surface area contributed by atoms with Gasteiger partial charge in [0.25, 0.3) is 5.69 Å². The van der Waals surface area contributed by atoms with Gasteiger partial charge in [-0.3, -0.25) is 10.1 Å². The van der Waals surface area contributed by atoms with Crippen LogP contribution in [0.3, 0.4) is 0 Å². The highest BCUT2D eigenvalue weighted by atomic mass is 16.6. The van der Waals surface area contributed by atoms with Crippen molar-refractivity contribution in [1.29, 1.82) is 5.26 Å². The molecule has 0 radical (unpaired) electrons. The Bertz CT molecular complexity index is 955. The number of rotatable bonds is 6. The number of hydrogen-bond acceptors (Lipinski definition) is 7. The Labute approximate surface area is 172 Å². The minimum atomic E-state index is -0.633. The van der Waals surface area contributed by atoms with Gasteiger partial charge in [-0.25, -0.2) is 9.59 Å². The van der Waals surface area contributed by atoms with Gasteiger partial charge in [-0.15, -0.1) is 0 Å². The molecule has 0 N–H and O–H groups in total. The maximum atomic E-state index is 12.5. The monoisotopic (exact) mass is 409 g/mol. The first kappa shape index (κ1) is 20.8. The maximum absolute atomic E-state index is 12.5. The van der Waals surface area contributed by atoms with Crippen LogP contribution in [0.5, 0.6) is 0 Å². The molecule has 9 nitrogen and oxygen atoms in total. The van der Waals surface area contributed by atoms with E-state index in [-0.39, 0.29) is 25.3 Å². The second-order valence-corrected chi connectivity index (χ2v) is 6.78. The van der Waals surface area contributed by atoms with Crippen molar-refractivity contribution in [1.82, 2.24) is 4.90 Å². The Morgan fingerprint density at radius 1 is 1.17 bits per heavy atom. The van der Waals surface area contributed by atoms with E-state index >= 15 is 0 Å². The highest BCUT2D eigenvalue weighted by Crippen LogP contribution is 2.25. The number of hydrogen-bond donors (Lipinski definition) is 0. The van der Waals surface area contributed by atoms with E-state index < -0.39 is 29.1 Å². The van der Waals surface area contributed by atoms with Gasteiger partial charge in [0.1, 0.15) is 12.7 Å². The summed E-state index contributed by atoms with van der Waals surface area (Å²) in [7, 11) is 0. The minimum Gasteiger partial charge on any atom is -0.457 e. The first-order valence-corrected chi connectivity index (χ1v) is 9.27. The van der Waals surface area contributed by atoms with Crippen molar-refractivity contribution in [2.24, 2.45) is 0 Å². The molecule has 0 spiro atoms. The van der Waals surface area contributed by atoms with Crippen LogP contribution in [-0.4, -0.2) is 40.6 Å². The summed E-state index contributed by atoms with van der Waals surface area (Å²) in [5.41, 5.74) is 0.951. The molecule has 3 rings (SSSR count). The lowest BCUT2D eigenvalue weighted by atomic mass is 10.1. The summed E-state index contributed by atoms with van der Waals surface area (Å²) < 4.78 is 10.8. The molecule has 30 heavy (non-hydrogen) atoms. The van der Waals surface area contributed by atoms with E-state index in [4.69, 9.17) is 14.7 Å². The number of esters is 1. The molecular weight excluding hydrogens is 390 g/mol. The number of carbonyl (C=O) groups is 2. The van der Waals surface area contributed by atoms with E-state index in [1.807, 2.05) is 6.07 Å². The van der Waals surface area contributed by atoms with Crippen molar-refractivity contribution in [3.63, 3.8) is 0 Å². The number of carbonyl (C=O) groups excluding carboxylic acids is 2. The Morgan fingerprint density at radius 2 is 1.87 bits per heavy atom. The smallest absolute Gasteiger partial charge is 0.410 e. The van der Waals surface area contributed by atoms with Crippen molar-refractivity contribution < 1.29 is 24.0 Å². The van der Waals surface area contributed by atoms with Crippen LogP contribution in [0.25, 0.3) is 0 Å². The molecule has 2 atom stereocenters. The molecule has 1 aliphatic rings. The summed E-state index contributed by atoms with van der Waals surface area (Å²) in [4.78, 5) is 36.4. The van der Waals surface area contributed by atoms with Crippen molar-refractivity contribution in [2.45, 2.75) is 31.6 Å². The van der Waals surface area contributed by atoms with Gasteiger partial charge in [-0.05, 0) is 29.8 Å². The number of non-ortho nitro benzene ring substituents is 1. The quantitative estimate of drug-likeness (QED) is 0.407. The van der Waals surface area contributed by atoms with E-state index in [1.165, 1.54) is 29.2 Å². The lowest BCUT2D eigenvalue weighted by Gasteiger charge is -2.21. The first-order chi connectivity index (χ1) is 14.5. The van der Waals surface area contributed by atoms with Crippen molar-refractivity contribution in [2.75, 3.05) is 6.54 Å². The zero-order valence-corrected chi connectivity index (χ0v) is 16.0. The molecule has 1 heterocycles. The highest BCUT2D eigenvalue weighted by Gasteiger charge is 2.38. The lowest BCUT2D eigenvalue weighted by molar-refractivity contribution is -0.384. The van der Waals surface area contributed by atoms with Crippen molar-refractivity contribution >= 4 is 17.7 Å². The van der Waals surface area contributed by atoms with Crippen LogP contribution in [0.4, 0.5) is 10.5 Å². The number of likely N-dealkylation sites (tertiary alicyclic amines) is 1. The fourth-order valence-electron chi connectivity index (χ4n) is 3.22. The van der Waals surface area contributed by atoms with Gasteiger partial charge in [-0.2, -0.15) is 5.26 Å². The SMILES string of the molecule is N#CC[C@@H]1C[C@H](OC(=O)c2ccccc2)CN1C(=O)OCc1ccc([N+](=O)[O-])cc1. The number of nitrogens with zero attached hydrogens (tertiary/aromatic N) is 3. The van der Waals surface area contributed by atoms with E-state index in [0.29, 0.717) is 17.5 Å². The van der Waals surface area contributed by atoms with Crippen LogP contribution in [0.15, 0.2) is 54.6 Å². The van der Waals surface area contributed by atoms with Gasteiger partial charge < -0.3 is 14.4 Å². The number of nitro groups is 1. The third kappa shape index (κ3) is 5.11. The van der Waals surface area contributed by atoms with E-state index in [0.717, 1.165) is 0 Å². The predicted octanol–water partition coefficient (Wildman–Crippen LogP) is 3.44. The Hall–Kier alpha value is -3.93. The Kier molecular flexibility index (Phi) is 6.60. The third-order valence-corrected chi connectivity index (χ3v) is 4.73. The topological polar surface area (TPSA) is 123 Å². The number of nitro benzene ring substituents is 1. The van der Waals surface area contributed by atoms with Crippen LogP contribution in [-0.2, 0) is 16.1 Å². The van der Waals surface area contributed by atoms with Crippen LogP contribution in [0, 0.1) is 21.4 Å². The lowest BCUT2D eigenvalue weighted by Crippen LogP contribution is -2.36. The summed E-state index contributed by atoms with van der Waals surface area (Å²) >= 11 is 0. The number of amides is 1. The fraction of sp³-hybridized carbons (Fsp3) is 0.286. The van der Waals surface area contributed by atoms with Crippen LogP contribution >= 0.6 is 0 Å². The molecule has 1 amide bonds. The summed E-state index contributed by atoms with van der Waals surface area (Å²) in [5.74, 6) is -0.489. The maximum Gasteiger partial charge on any atom is 0.410 e. The summed E-state index contributed by atoms with van der Waals surface area (Å²) in [6, 6.07) is 15.8. The zero-order valence-electron chi connectivity index (χ0n) is 16.0. The summed E-state index contributed by atoms with van der Waals surface area (Å²) in [6.07, 6.45) is -0.736. The second-order valence-electron chi connectivity index (χ2n) is 6.78. The predicted molar refractivity (Wildman–Crippen MR) is 104 cm³/mol. The van der Waals surface area contributed by atoms with Crippen molar-refractivity contribution in [3.8, 4) is 6.07 Å². The van der Waals surface area contributed by atoms with Crippen LogP contribution in [0.1, 0.15) is 28.8 Å². The van der Waals surface area contributed by atoms with E-state index in [1.54, 1.807) is 30.3 Å². The summed E-state index contributed by atoms with van der Waals surface area (Å²) in [6.45, 7) is 0.0606. The van der Waals surface area contributed by atoms with E-state index in [9.17, 15) is 19.7 Å². The van der Waals surface area contributed by atoms with Gasteiger partial charge >= 0.3 is 12.1 Å². The highest BCUT2D eigenvalue weighted by molar-refractivity contribution is 5.89.